The molecule has 1 heterocycles. The maximum atomic E-state index is 13.0. The topological polar surface area (TPSA) is 104 Å². The van der Waals surface area contributed by atoms with Gasteiger partial charge in [0.05, 0.1) is 18.5 Å². The molecule has 3 aliphatic carbocycles. The fourth-order valence-electron chi connectivity index (χ4n) is 6.13. The summed E-state index contributed by atoms with van der Waals surface area (Å²) in [4.78, 5) is 49.9. The molecule has 4 rings (SSSR count). The molecule has 0 spiro atoms. The van der Waals surface area contributed by atoms with Gasteiger partial charge in [0, 0.05) is 31.3 Å². The second-order valence-corrected chi connectivity index (χ2v) is 11.1. The van der Waals surface area contributed by atoms with E-state index < -0.39 is 0 Å². The number of amides is 2. The van der Waals surface area contributed by atoms with Crippen LogP contribution in [-0.4, -0.2) is 48.6 Å². The highest BCUT2D eigenvalue weighted by molar-refractivity contribution is 5.94. The molecule has 1 aliphatic heterocycles. The lowest BCUT2D eigenvalue weighted by Crippen LogP contribution is -2.37. The molecule has 2 amide bonds. The summed E-state index contributed by atoms with van der Waals surface area (Å²) in [6.45, 7) is 0.429. The summed E-state index contributed by atoms with van der Waals surface area (Å²) in [6.07, 6.45) is 24.0. The Labute approximate surface area is 226 Å². The molecule has 38 heavy (non-hydrogen) atoms. The van der Waals surface area contributed by atoms with Crippen LogP contribution < -0.4 is 16.0 Å². The standard InChI is InChI=1S/C31H43N3O4/c35-26(22-11-5-3-1-2-4-6-12-22)18-19-27(36)33-21-28(37)32-20-10-9-15-25-31(38)29-23-13-7-8-14-24(17-16-23)30(29)34-25/h7-8,13-14,16-17,22,25,29-30,34H,1-6,9-12,15,18-21H2,(H,32,37)(H,33,36)/b8-7-,13-7?,14-8?,23-13+,24-14+. The maximum Gasteiger partial charge on any atom is 0.239 e. The van der Waals surface area contributed by atoms with E-state index in [1.165, 1.54) is 25.7 Å². The highest BCUT2D eigenvalue weighted by Crippen LogP contribution is 2.36. The van der Waals surface area contributed by atoms with Crippen molar-refractivity contribution in [3.8, 4) is 0 Å². The molecule has 4 aliphatic rings. The Morgan fingerprint density at radius 2 is 1.50 bits per heavy atom. The number of ketones is 2. The maximum absolute atomic E-state index is 13.0. The van der Waals surface area contributed by atoms with Crippen molar-refractivity contribution in [3.63, 3.8) is 0 Å². The minimum Gasteiger partial charge on any atom is -0.355 e. The lowest BCUT2D eigenvalue weighted by molar-refractivity contribution is -0.128. The fraction of sp³-hybridized carbons (Fsp3) is 0.613. The van der Waals surface area contributed by atoms with Crippen molar-refractivity contribution < 1.29 is 19.2 Å². The number of rotatable bonds is 11. The second-order valence-electron chi connectivity index (χ2n) is 11.1. The molecule has 2 fully saturated rings. The lowest BCUT2D eigenvalue weighted by atomic mass is 9.80. The van der Waals surface area contributed by atoms with E-state index in [-0.39, 0.29) is 66.7 Å². The minimum atomic E-state index is -0.251. The van der Waals surface area contributed by atoms with Crippen LogP contribution in [0.4, 0.5) is 0 Å². The van der Waals surface area contributed by atoms with Crippen molar-refractivity contribution in [2.24, 2.45) is 11.8 Å². The molecule has 0 aromatic rings. The van der Waals surface area contributed by atoms with Crippen molar-refractivity contribution in [1.82, 2.24) is 16.0 Å². The Kier molecular flexibility index (Phi) is 10.7. The third-order valence-electron chi connectivity index (χ3n) is 8.34. The van der Waals surface area contributed by atoms with Gasteiger partial charge in [0.25, 0.3) is 0 Å². The average Bonchev–Trinajstić information content (AvgIpc) is 3.28. The predicted molar refractivity (Wildman–Crippen MR) is 148 cm³/mol. The van der Waals surface area contributed by atoms with E-state index in [1.807, 2.05) is 24.3 Å². The first-order chi connectivity index (χ1) is 18.5. The zero-order chi connectivity index (χ0) is 26.7. The summed E-state index contributed by atoms with van der Waals surface area (Å²) < 4.78 is 0. The molecule has 3 unspecified atom stereocenters. The van der Waals surface area contributed by atoms with Gasteiger partial charge in [-0.05, 0) is 43.3 Å². The van der Waals surface area contributed by atoms with E-state index in [2.05, 4.69) is 28.1 Å². The fourth-order valence-corrected chi connectivity index (χ4v) is 6.13. The van der Waals surface area contributed by atoms with E-state index >= 15 is 0 Å². The summed E-state index contributed by atoms with van der Waals surface area (Å²) in [7, 11) is 0. The number of Topliss-reactive ketones (excluding diaryl/α,β-unsaturated/α-hetero) is 2. The molecule has 3 N–H and O–H groups in total. The largest absolute Gasteiger partial charge is 0.355 e. The van der Waals surface area contributed by atoms with Crippen molar-refractivity contribution >= 4 is 23.4 Å². The smallest absolute Gasteiger partial charge is 0.239 e. The van der Waals surface area contributed by atoms with Crippen molar-refractivity contribution in [2.45, 2.75) is 95.6 Å². The number of hydrogen-bond acceptors (Lipinski definition) is 5. The molecule has 1 saturated heterocycles. The van der Waals surface area contributed by atoms with Gasteiger partial charge in [0.1, 0.15) is 5.78 Å². The number of unbranched alkanes of at least 4 members (excludes halogenated alkanes) is 1. The van der Waals surface area contributed by atoms with Gasteiger partial charge in [0.2, 0.25) is 11.8 Å². The highest BCUT2D eigenvalue weighted by atomic mass is 16.2. The Balaban J connectivity index is 1.06. The summed E-state index contributed by atoms with van der Waals surface area (Å²) >= 11 is 0. The quantitative estimate of drug-likeness (QED) is 0.357. The third kappa shape index (κ3) is 7.85. The molecular formula is C31H43N3O4. The van der Waals surface area contributed by atoms with Gasteiger partial charge in [-0.1, -0.05) is 75.0 Å². The first-order valence-corrected chi connectivity index (χ1v) is 14.7. The predicted octanol–water partition coefficient (Wildman–Crippen LogP) is 4.01. The van der Waals surface area contributed by atoms with Gasteiger partial charge in [-0.15, -0.1) is 0 Å². The molecule has 0 aromatic heterocycles. The summed E-state index contributed by atoms with van der Waals surface area (Å²) in [5.74, 6) is -0.0536. The van der Waals surface area contributed by atoms with Gasteiger partial charge >= 0.3 is 0 Å². The highest BCUT2D eigenvalue weighted by Gasteiger charge is 2.45. The Morgan fingerprint density at radius 3 is 2.26 bits per heavy atom. The lowest BCUT2D eigenvalue weighted by Gasteiger charge is -2.25. The van der Waals surface area contributed by atoms with Crippen LogP contribution in [0.15, 0.2) is 47.6 Å². The number of nitrogens with one attached hydrogen (secondary N) is 3. The minimum absolute atomic E-state index is 0.0496. The molecule has 3 atom stereocenters. The molecule has 2 bridgehead atoms. The van der Waals surface area contributed by atoms with E-state index in [1.54, 1.807) is 0 Å². The summed E-state index contributed by atoms with van der Waals surface area (Å²) in [5, 5.41) is 9.00. The first kappa shape index (κ1) is 28.2. The first-order valence-electron chi connectivity index (χ1n) is 14.7. The van der Waals surface area contributed by atoms with Gasteiger partial charge < -0.3 is 10.6 Å². The van der Waals surface area contributed by atoms with E-state index in [0.717, 1.165) is 56.1 Å². The van der Waals surface area contributed by atoms with E-state index in [0.29, 0.717) is 6.54 Å². The van der Waals surface area contributed by atoms with Gasteiger partial charge in [0.15, 0.2) is 5.78 Å². The average molecular weight is 522 g/mol. The number of carbonyl (C=O) groups excluding carboxylic acids is 4. The van der Waals surface area contributed by atoms with Crippen LogP contribution in [0.2, 0.25) is 0 Å². The number of allylic oxidation sites excluding steroid dienone is 5. The summed E-state index contributed by atoms with van der Waals surface area (Å²) in [6, 6.07) is -0.118. The van der Waals surface area contributed by atoms with Crippen molar-refractivity contribution in [2.75, 3.05) is 13.1 Å². The van der Waals surface area contributed by atoms with E-state index in [9.17, 15) is 19.2 Å². The SMILES string of the molecule is O=C(CCC(=O)C1CCCCCCCC1)NCC(=O)NCCCCC1NC2/C3=C/C=C\C=C(C=C3)\C2C1=O. The normalized spacial score (nSPS) is 28.8. The second kappa shape index (κ2) is 14.4. The molecule has 206 valence electrons. The molecule has 1 saturated carbocycles. The zero-order valence-electron chi connectivity index (χ0n) is 22.5. The Morgan fingerprint density at radius 1 is 0.816 bits per heavy atom. The Hall–Kier alpha value is -2.80. The van der Waals surface area contributed by atoms with Crippen LogP contribution in [0.25, 0.3) is 0 Å². The van der Waals surface area contributed by atoms with Gasteiger partial charge in [-0.3, -0.25) is 24.5 Å². The Bertz CT molecular complexity index is 999. The molecular weight excluding hydrogens is 478 g/mol. The van der Waals surface area contributed by atoms with Gasteiger partial charge in [-0.2, -0.15) is 0 Å². The van der Waals surface area contributed by atoms with Crippen LogP contribution >= 0.6 is 0 Å². The summed E-state index contributed by atoms with van der Waals surface area (Å²) in [5.41, 5.74) is 2.21. The molecule has 7 nitrogen and oxygen atoms in total. The van der Waals surface area contributed by atoms with Crippen molar-refractivity contribution in [3.05, 3.63) is 47.6 Å². The molecule has 0 aromatic carbocycles. The van der Waals surface area contributed by atoms with Crippen molar-refractivity contribution in [1.29, 1.82) is 0 Å². The molecule has 0 radical (unpaired) electrons. The van der Waals surface area contributed by atoms with Crippen LogP contribution in [0.3, 0.4) is 0 Å². The van der Waals surface area contributed by atoms with Crippen LogP contribution in [0.1, 0.15) is 83.5 Å². The van der Waals surface area contributed by atoms with Gasteiger partial charge in [-0.25, -0.2) is 0 Å². The molecule has 7 heteroatoms. The monoisotopic (exact) mass is 521 g/mol. The number of hydrogen-bond donors (Lipinski definition) is 3. The van der Waals surface area contributed by atoms with E-state index in [4.69, 9.17) is 0 Å². The van der Waals surface area contributed by atoms with Crippen LogP contribution in [-0.2, 0) is 19.2 Å². The van der Waals surface area contributed by atoms with Crippen LogP contribution in [0.5, 0.6) is 0 Å². The third-order valence-corrected chi connectivity index (χ3v) is 8.34. The van der Waals surface area contributed by atoms with Crippen LogP contribution in [0, 0.1) is 11.8 Å². The zero-order valence-corrected chi connectivity index (χ0v) is 22.5. The number of carbonyl (C=O) groups is 4.